The van der Waals surface area contributed by atoms with Crippen molar-refractivity contribution in [2.75, 3.05) is 0 Å². The minimum Gasteiger partial charge on any atom is -0.455 e. The van der Waals surface area contributed by atoms with Gasteiger partial charge < -0.3 is 8.83 Å². The van der Waals surface area contributed by atoms with Gasteiger partial charge in [0.25, 0.3) is 0 Å². The molecule has 0 bridgehead atoms. The Morgan fingerprint density at radius 3 is 1.04 bits per heavy atom. The molecule has 0 N–H and O–H groups in total. The monoisotopic (exact) mass is 1200 g/mol. The summed E-state index contributed by atoms with van der Waals surface area (Å²) >= 11 is 0. The molecule has 0 saturated heterocycles. The highest BCUT2D eigenvalue weighted by Gasteiger charge is 2.22. The molecule has 0 radical (unpaired) electrons. The topological polar surface area (TPSA) is 104 Å². The molecule has 8 heteroatoms. The summed E-state index contributed by atoms with van der Waals surface area (Å²) in [5.41, 5.74) is 20.7. The van der Waals surface area contributed by atoms with Crippen molar-refractivity contribution in [1.82, 2.24) is 29.9 Å². The number of aromatic nitrogens is 6. The Bertz CT molecular complexity index is 6240. The highest BCUT2D eigenvalue weighted by Crippen LogP contribution is 2.44. The molecule has 0 amide bonds. The maximum Gasteiger partial charge on any atom is 0.147 e. The second kappa shape index (κ2) is 21.4. The maximum atomic E-state index is 6.59. The molecule has 436 valence electrons. The molecule has 8 heterocycles. The number of hydrogen-bond acceptors (Lipinski definition) is 8. The molecule has 0 atom stereocenters. The molecule has 0 aliphatic rings. The summed E-state index contributed by atoms with van der Waals surface area (Å²) in [6, 6.07) is 105. The van der Waals surface area contributed by atoms with Crippen molar-refractivity contribution < 1.29 is 8.83 Å². The lowest BCUT2D eigenvalue weighted by atomic mass is 9.98. The van der Waals surface area contributed by atoms with Crippen LogP contribution in [0.3, 0.4) is 0 Å². The van der Waals surface area contributed by atoms with E-state index in [9.17, 15) is 0 Å². The molecule has 0 unspecified atom stereocenters. The third-order valence-corrected chi connectivity index (χ3v) is 18.5. The fraction of sp³-hybridized carbons (Fsp3) is 0. The third-order valence-electron chi connectivity index (χ3n) is 18.5. The fourth-order valence-corrected chi connectivity index (χ4v) is 13.8. The first-order valence-corrected chi connectivity index (χ1v) is 31.6. The van der Waals surface area contributed by atoms with Crippen LogP contribution in [0.25, 0.3) is 198 Å². The largest absolute Gasteiger partial charge is 0.455 e. The van der Waals surface area contributed by atoms with E-state index in [-0.39, 0.29) is 0 Å². The van der Waals surface area contributed by atoms with E-state index >= 15 is 0 Å². The third kappa shape index (κ3) is 8.84. The summed E-state index contributed by atoms with van der Waals surface area (Å²) in [6.07, 6.45) is 0. The lowest BCUT2D eigenvalue weighted by molar-refractivity contribution is 0.672. The van der Waals surface area contributed by atoms with E-state index in [4.69, 9.17) is 38.7 Å². The number of rotatable bonds is 6. The van der Waals surface area contributed by atoms with E-state index in [1.165, 1.54) is 10.8 Å². The fourth-order valence-electron chi connectivity index (χ4n) is 13.8. The highest BCUT2D eigenvalue weighted by atomic mass is 16.3. The van der Waals surface area contributed by atoms with Crippen LogP contribution in [0.2, 0.25) is 0 Å². The van der Waals surface area contributed by atoms with E-state index in [0.717, 1.165) is 188 Å². The van der Waals surface area contributed by atoms with Gasteiger partial charge in [-0.25, -0.2) is 29.9 Å². The van der Waals surface area contributed by atoms with E-state index < -0.39 is 0 Å². The average Bonchev–Trinajstić information content (AvgIpc) is 1.55. The SMILES string of the molecule is c1ccc(-c2ccc3ccc4ccc(-c5ccc(-c6nc7cc8ccccc8cc7c7oc8ccccc8c67)cc5)nc4c3n2)cc1.c1ccc(-c2ccc3ccc4ccc(-c5ccc(-c6nc7ccc8ccccc8c7c7oc8ccccc8c67)cc5)nc4c3n2)cc1. The normalized spacial score (nSPS) is 11.8. The van der Waals surface area contributed by atoms with E-state index in [1.807, 2.05) is 60.7 Å². The van der Waals surface area contributed by atoms with Crippen LogP contribution in [0.4, 0.5) is 0 Å². The predicted molar refractivity (Wildman–Crippen MR) is 387 cm³/mol. The smallest absolute Gasteiger partial charge is 0.147 e. The number of furan rings is 2. The van der Waals surface area contributed by atoms with E-state index in [2.05, 4.69) is 243 Å². The minimum absolute atomic E-state index is 0.860. The van der Waals surface area contributed by atoms with Crippen molar-refractivity contribution in [1.29, 1.82) is 0 Å². The lowest BCUT2D eigenvalue weighted by Gasteiger charge is -2.10. The van der Waals surface area contributed by atoms with Crippen molar-refractivity contribution in [3.05, 3.63) is 303 Å². The van der Waals surface area contributed by atoms with Gasteiger partial charge in [0.1, 0.15) is 22.3 Å². The Balaban J connectivity index is 0.000000133. The number of hydrogen-bond donors (Lipinski definition) is 0. The van der Waals surface area contributed by atoms with Crippen LogP contribution in [0.5, 0.6) is 0 Å². The van der Waals surface area contributed by atoms with Crippen molar-refractivity contribution in [2.45, 2.75) is 0 Å². The number of benzene rings is 12. The molecular formula is C86H50N6O2. The van der Waals surface area contributed by atoms with Gasteiger partial charge in [0.05, 0.1) is 83.4 Å². The molecule has 20 rings (SSSR count). The second-order valence-corrected chi connectivity index (χ2v) is 24.0. The first-order valence-electron chi connectivity index (χ1n) is 31.6. The van der Waals surface area contributed by atoms with Gasteiger partial charge in [-0.3, -0.25) is 0 Å². The Labute approximate surface area is 537 Å². The first-order chi connectivity index (χ1) is 46.5. The molecular weight excluding hydrogens is 1150 g/mol. The van der Waals surface area contributed by atoms with Crippen molar-refractivity contribution in [2.24, 2.45) is 0 Å². The van der Waals surface area contributed by atoms with Crippen molar-refractivity contribution in [3.8, 4) is 67.5 Å². The standard InChI is InChI=1S/2C43H25N3O/c1-2-9-27(10-3-1)34-23-21-30-18-19-31-22-24-35(45-42(31)41(30)44-34)28-14-16-29(17-15-28)40-39-33-12-6-7-13-37(33)47-43(39)38-32-11-5-4-8-26(32)20-25-36(38)46-40;1-2-8-26(9-3-1)35-22-20-29-18-19-30-21-23-36(45-42(30)41(29)44-35)27-14-16-28(17-15-27)40-39-33-12-6-7-13-38(33)47-43(39)34-24-31-10-4-5-11-32(31)25-37(34)46-40/h2*1-25H. The molecule has 12 aromatic carbocycles. The van der Waals surface area contributed by atoms with Crippen LogP contribution in [0, 0.1) is 0 Å². The molecule has 94 heavy (non-hydrogen) atoms. The van der Waals surface area contributed by atoms with Gasteiger partial charge in [0.15, 0.2) is 0 Å². The van der Waals surface area contributed by atoms with Crippen LogP contribution >= 0.6 is 0 Å². The number of pyridine rings is 6. The molecule has 8 aromatic heterocycles. The van der Waals surface area contributed by atoms with Crippen LogP contribution in [-0.2, 0) is 0 Å². The predicted octanol–water partition coefficient (Wildman–Crippen LogP) is 22.8. The second-order valence-electron chi connectivity index (χ2n) is 24.0. The maximum absolute atomic E-state index is 6.59. The zero-order chi connectivity index (χ0) is 61.8. The molecule has 0 aliphatic heterocycles. The number of nitrogens with zero attached hydrogens (tertiary/aromatic N) is 6. The van der Waals surface area contributed by atoms with Crippen LogP contribution in [0.1, 0.15) is 0 Å². The van der Waals surface area contributed by atoms with Crippen molar-refractivity contribution in [3.63, 3.8) is 0 Å². The molecule has 0 aliphatic carbocycles. The summed E-state index contributed by atoms with van der Waals surface area (Å²) in [7, 11) is 0. The molecule has 0 spiro atoms. The Morgan fingerprint density at radius 1 is 0.202 bits per heavy atom. The van der Waals surface area contributed by atoms with Crippen LogP contribution in [0.15, 0.2) is 312 Å². The first kappa shape index (κ1) is 53.1. The average molecular weight is 1200 g/mol. The summed E-state index contributed by atoms with van der Waals surface area (Å²) < 4.78 is 13.1. The summed E-state index contributed by atoms with van der Waals surface area (Å²) in [5, 5.41) is 15.2. The summed E-state index contributed by atoms with van der Waals surface area (Å²) in [5.74, 6) is 0. The highest BCUT2D eigenvalue weighted by molar-refractivity contribution is 6.25. The van der Waals surface area contributed by atoms with Gasteiger partial charge in [-0.1, -0.05) is 249 Å². The summed E-state index contributed by atoms with van der Waals surface area (Å²) in [4.78, 5) is 31.0. The summed E-state index contributed by atoms with van der Waals surface area (Å²) in [6.45, 7) is 0. The van der Waals surface area contributed by atoms with Gasteiger partial charge >= 0.3 is 0 Å². The zero-order valence-corrected chi connectivity index (χ0v) is 50.4. The van der Waals surface area contributed by atoms with Gasteiger partial charge in [-0.15, -0.1) is 0 Å². The quantitative estimate of drug-likeness (QED) is 0.120. The van der Waals surface area contributed by atoms with Crippen molar-refractivity contribution >= 4 is 131 Å². The molecule has 8 nitrogen and oxygen atoms in total. The molecule has 0 fully saturated rings. The van der Waals surface area contributed by atoms with Gasteiger partial charge in [0, 0.05) is 71.1 Å². The zero-order valence-electron chi connectivity index (χ0n) is 50.4. The Hall–Kier alpha value is -12.8. The molecule has 0 saturated carbocycles. The number of para-hydroxylation sites is 2. The van der Waals surface area contributed by atoms with E-state index in [1.54, 1.807) is 0 Å². The van der Waals surface area contributed by atoms with Gasteiger partial charge in [-0.05, 0) is 76.1 Å². The molecule has 20 aromatic rings. The van der Waals surface area contributed by atoms with Crippen LogP contribution < -0.4 is 0 Å². The van der Waals surface area contributed by atoms with E-state index in [0.29, 0.717) is 0 Å². The lowest BCUT2D eigenvalue weighted by Crippen LogP contribution is -1.92. The van der Waals surface area contributed by atoms with Gasteiger partial charge in [0.2, 0.25) is 0 Å². The van der Waals surface area contributed by atoms with Crippen LogP contribution in [-0.4, -0.2) is 29.9 Å². The van der Waals surface area contributed by atoms with Gasteiger partial charge in [-0.2, -0.15) is 0 Å². The Kier molecular flexibility index (Phi) is 12.1. The minimum atomic E-state index is 0.860. The Morgan fingerprint density at radius 2 is 0.553 bits per heavy atom. The number of fused-ring (bicyclic) bond motifs is 19.